The highest BCUT2D eigenvalue weighted by Gasteiger charge is 2.24. The maximum Gasteiger partial charge on any atom is 0.0746 e. The van der Waals surface area contributed by atoms with Crippen molar-refractivity contribution >= 4 is 22.5 Å². The first-order valence-electron chi connectivity index (χ1n) is 25.9. The Balaban J connectivity index is 0.000000591. The molecule has 0 amide bonds. The lowest BCUT2D eigenvalue weighted by molar-refractivity contribution is 0.935. The van der Waals surface area contributed by atoms with Gasteiger partial charge in [0.15, 0.2) is 0 Å². The number of nitrogens with zero attached hydrogens (tertiary/aromatic N) is 1. The molecule has 0 spiro atoms. The average Bonchev–Trinajstić information content (AvgIpc) is 3.98. The second kappa shape index (κ2) is 20.8. The zero-order valence-electron chi connectivity index (χ0n) is 42.7. The highest BCUT2D eigenvalue weighted by Crippen LogP contribution is 2.44. The quantitative estimate of drug-likeness (QED) is 0.141. The van der Waals surface area contributed by atoms with Crippen LogP contribution in [0.3, 0.4) is 0 Å². The Morgan fingerprint density at radius 1 is 0.408 bits per heavy atom. The van der Waals surface area contributed by atoms with E-state index < -0.39 is 0 Å². The fraction of sp³-hybridized carbons (Fsp3) is 0.186. The maximum absolute atomic E-state index is 5.56. The summed E-state index contributed by atoms with van der Waals surface area (Å²) in [5.41, 5.74) is 32.3. The summed E-state index contributed by atoms with van der Waals surface area (Å²) in [4.78, 5) is 5.56. The molecule has 1 nitrogen and oxygen atoms in total. The van der Waals surface area contributed by atoms with Gasteiger partial charge in [0.25, 0.3) is 0 Å². The van der Waals surface area contributed by atoms with Crippen LogP contribution in [0.25, 0.3) is 66.8 Å². The molecular formula is C70H65N. The van der Waals surface area contributed by atoms with Gasteiger partial charge in [-0.1, -0.05) is 207 Å². The Morgan fingerprint density at radius 3 is 1.45 bits per heavy atom. The van der Waals surface area contributed by atoms with E-state index in [1.165, 1.54) is 119 Å². The highest BCUT2D eigenvalue weighted by molar-refractivity contribution is 6.03. The molecule has 1 heteroatoms. The zero-order valence-corrected chi connectivity index (χ0v) is 42.7. The number of aryl methyl sites for hydroxylation is 3. The molecule has 0 saturated carbocycles. The van der Waals surface area contributed by atoms with Gasteiger partial charge in [-0.2, -0.15) is 0 Å². The first-order valence-corrected chi connectivity index (χ1v) is 25.9. The van der Waals surface area contributed by atoms with Gasteiger partial charge < -0.3 is 0 Å². The Morgan fingerprint density at radius 2 is 0.901 bits per heavy atom. The molecule has 71 heavy (non-hydrogen) atoms. The second-order valence-corrected chi connectivity index (χ2v) is 19.5. The predicted octanol–water partition coefficient (Wildman–Crippen LogP) is 19.4. The smallest absolute Gasteiger partial charge is 0.0746 e. The summed E-state index contributed by atoms with van der Waals surface area (Å²) in [6.07, 6.45) is 16.2. The van der Waals surface area contributed by atoms with Crippen LogP contribution in [0.4, 0.5) is 5.69 Å². The summed E-state index contributed by atoms with van der Waals surface area (Å²) in [6, 6.07) is 62.7. The minimum Gasteiger partial charge on any atom is -0.252 e. The van der Waals surface area contributed by atoms with Crippen molar-refractivity contribution in [2.24, 2.45) is 4.99 Å². The van der Waals surface area contributed by atoms with Gasteiger partial charge in [0.2, 0.25) is 0 Å². The van der Waals surface area contributed by atoms with Crippen LogP contribution in [0.1, 0.15) is 96.5 Å². The molecule has 8 aromatic rings. The van der Waals surface area contributed by atoms with Gasteiger partial charge in [-0.25, -0.2) is 0 Å². The van der Waals surface area contributed by atoms with E-state index in [-0.39, 0.29) is 0 Å². The summed E-state index contributed by atoms with van der Waals surface area (Å²) in [6.45, 7) is 14.9. The summed E-state index contributed by atoms with van der Waals surface area (Å²) < 4.78 is 0. The van der Waals surface area contributed by atoms with Crippen LogP contribution in [-0.4, -0.2) is 5.71 Å². The molecule has 0 atom stereocenters. The number of allylic oxidation sites excluding steroid dienone is 8. The summed E-state index contributed by atoms with van der Waals surface area (Å²) in [5, 5.41) is 0. The molecule has 0 radical (unpaired) electrons. The molecule has 0 saturated heterocycles. The van der Waals surface area contributed by atoms with E-state index in [9.17, 15) is 0 Å². The lowest BCUT2D eigenvalue weighted by Gasteiger charge is -2.17. The number of rotatable bonds is 7. The van der Waals surface area contributed by atoms with Crippen molar-refractivity contribution < 1.29 is 0 Å². The Labute approximate surface area is 423 Å². The molecule has 0 bridgehead atoms. The summed E-state index contributed by atoms with van der Waals surface area (Å²) in [7, 11) is 0. The first-order chi connectivity index (χ1) is 34.8. The van der Waals surface area contributed by atoms with E-state index in [0.29, 0.717) is 0 Å². The lowest BCUT2D eigenvalue weighted by Crippen LogP contribution is -1.98. The molecule has 12 rings (SSSR count). The van der Waals surface area contributed by atoms with Crippen LogP contribution in [-0.2, 0) is 12.8 Å². The van der Waals surface area contributed by atoms with E-state index in [4.69, 9.17) is 4.99 Å². The Bertz CT molecular complexity index is 3440. The molecule has 8 aromatic carbocycles. The molecule has 350 valence electrons. The SMILES string of the molecule is CC.CC(=Nc1c(-c2ccc(-c3ccc4c(c3)C3=C(CCC=C3)C4)cc2)ccc(-c2ccc(-c3ccc4c(c3)C3=C(CCC=C3)C4)cc2)c1C)c1ccc(C)c(-c2ccccc2C)c1.Cc1ccccc1. The van der Waals surface area contributed by atoms with Crippen molar-refractivity contribution in [3.05, 3.63) is 255 Å². The number of benzene rings is 8. The van der Waals surface area contributed by atoms with Crippen molar-refractivity contribution in [3.8, 4) is 55.6 Å². The van der Waals surface area contributed by atoms with Gasteiger partial charge >= 0.3 is 0 Å². The largest absolute Gasteiger partial charge is 0.252 e. The standard InChI is InChI=1S/C61H51N.C7H8.C2H6/c1-38-11-5-8-14-53(38)58-35-46(18-17-39(58)2)41(4)62-61-40(3)54(44-23-19-42(20-24-44)47-27-29-51-33-49-12-6-9-15-55(49)59(51)36-47)31-32-57(61)45-25-21-43(22-26-45)48-28-30-52-34-50-13-7-10-16-56(50)60(52)37-48;1-7-5-3-2-4-6-7;1-2/h5,8-11,14-32,35-37H,6-7,12-13,33-34H2,1-4H3;2-6H,1H3;1-2H3. The Hall–Kier alpha value is -7.61. The van der Waals surface area contributed by atoms with Crippen LogP contribution in [0.15, 0.2) is 210 Å². The zero-order chi connectivity index (χ0) is 49.0. The first kappa shape index (κ1) is 47.1. The van der Waals surface area contributed by atoms with Gasteiger partial charge in [0.05, 0.1) is 5.69 Å². The van der Waals surface area contributed by atoms with Crippen LogP contribution >= 0.6 is 0 Å². The van der Waals surface area contributed by atoms with E-state index in [2.05, 4.69) is 211 Å². The van der Waals surface area contributed by atoms with Gasteiger partial charge in [-0.3, -0.25) is 4.99 Å². The topological polar surface area (TPSA) is 12.4 Å². The van der Waals surface area contributed by atoms with E-state index in [1.807, 2.05) is 32.0 Å². The normalized spacial score (nSPS) is 14.2. The number of hydrogen-bond donors (Lipinski definition) is 0. The monoisotopic (exact) mass is 920 g/mol. The maximum atomic E-state index is 5.56. The van der Waals surface area contributed by atoms with Crippen molar-refractivity contribution in [2.45, 2.75) is 87.0 Å². The van der Waals surface area contributed by atoms with Gasteiger partial charge in [-0.15, -0.1) is 0 Å². The average molecular weight is 920 g/mol. The molecule has 0 fully saturated rings. The molecule has 0 aromatic heterocycles. The third-order valence-electron chi connectivity index (χ3n) is 15.0. The number of hydrogen-bond acceptors (Lipinski definition) is 1. The van der Waals surface area contributed by atoms with Crippen LogP contribution in [0.2, 0.25) is 0 Å². The van der Waals surface area contributed by atoms with Crippen molar-refractivity contribution in [2.75, 3.05) is 0 Å². The predicted molar refractivity (Wildman–Crippen MR) is 307 cm³/mol. The minimum atomic E-state index is 1.000. The summed E-state index contributed by atoms with van der Waals surface area (Å²) >= 11 is 0. The van der Waals surface area contributed by atoms with E-state index in [1.54, 1.807) is 11.1 Å². The molecule has 4 aliphatic rings. The number of fused-ring (bicyclic) bond motifs is 4. The lowest BCUT2D eigenvalue weighted by atomic mass is 9.91. The fourth-order valence-electron chi connectivity index (χ4n) is 11.0. The molecule has 0 aliphatic heterocycles. The van der Waals surface area contributed by atoms with Crippen LogP contribution < -0.4 is 0 Å². The second-order valence-electron chi connectivity index (χ2n) is 19.5. The number of aliphatic imine (C=N–C) groups is 1. The van der Waals surface area contributed by atoms with Gasteiger partial charge in [-0.05, 0) is 197 Å². The Kier molecular flexibility index (Phi) is 13.8. The van der Waals surface area contributed by atoms with Crippen molar-refractivity contribution in [3.63, 3.8) is 0 Å². The third-order valence-corrected chi connectivity index (χ3v) is 15.0. The third kappa shape index (κ3) is 9.67. The molecule has 0 N–H and O–H groups in total. The van der Waals surface area contributed by atoms with Crippen LogP contribution in [0, 0.1) is 27.7 Å². The molecule has 4 aliphatic carbocycles. The molecular weight excluding hydrogens is 855 g/mol. The summed E-state index contributed by atoms with van der Waals surface area (Å²) in [5.74, 6) is 0. The fourth-order valence-corrected chi connectivity index (χ4v) is 11.0. The van der Waals surface area contributed by atoms with Crippen molar-refractivity contribution in [1.82, 2.24) is 0 Å². The van der Waals surface area contributed by atoms with Gasteiger partial charge in [0, 0.05) is 11.3 Å². The van der Waals surface area contributed by atoms with E-state index in [0.717, 1.165) is 48.2 Å². The minimum absolute atomic E-state index is 1.000. The van der Waals surface area contributed by atoms with E-state index >= 15 is 0 Å². The highest BCUT2D eigenvalue weighted by atomic mass is 14.8. The van der Waals surface area contributed by atoms with Crippen LogP contribution in [0.5, 0.6) is 0 Å². The molecule has 0 unspecified atom stereocenters. The van der Waals surface area contributed by atoms with Crippen molar-refractivity contribution in [1.29, 1.82) is 0 Å². The molecule has 0 heterocycles. The van der Waals surface area contributed by atoms with Gasteiger partial charge in [0.1, 0.15) is 0 Å².